The predicted molar refractivity (Wildman–Crippen MR) is 94.9 cm³/mol. The standard InChI is InChI=1S/C18H20N2O4S/c21-15-3-1-13(2-4-15)11-19-5-7-20(8-6-19)17(22)10-16-9-14(12-25-16)18(23)24/h1-4,9,12,21H,5-8,10-11H2,(H,23,24). The van der Waals surface area contributed by atoms with Crippen LogP contribution in [0.15, 0.2) is 35.7 Å². The number of aromatic carboxylic acids is 1. The molecule has 0 aliphatic carbocycles. The number of carboxylic acids is 1. The topological polar surface area (TPSA) is 81.1 Å². The van der Waals surface area contributed by atoms with Gasteiger partial charge in [-0.2, -0.15) is 0 Å². The molecule has 1 aliphatic rings. The zero-order valence-corrected chi connectivity index (χ0v) is 14.5. The van der Waals surface area contributed by atoms with E-state index in [1.165, 1.54) is 11.3 Å². The number of benzene rings is 1. The molecule has 1 saturated heterocycles. The number of phenolic OH excluding ortho intramolecular Hbond substituents is 1. The van der Waals surface area contributed by atoms with E-state index in [-0.39, 0.29) is 23.6 Å². The van der Waals surface area contributed by atoms with Crippen LogP contribution in [0.2, 0.25) is 0 Å². The Hall–Kier alpha value is -2.38. The lowest BCUT2D eigenvalue weighted by atomic mass is 10.2. The average Bonchev–Trinajstić information content (AvgIpc) is 3.06. The van der Waals surface area contributed by atoms with E-state index in [9.17, 15) is 14.7 Å². The summed E-state index contributed by atoms with van der Waals surface area (Å²) in [7, 11) is 0. The van der Waals surface area contributed by atoms with Crippen LogP contribution >= 0.6 is 11.3 Å². The third-order valence-corrected chi connectivity index (χ3v) is 5.23. The SMILES string of the molecule is O=C(O)c1csc(CC(=O)N2CCN(Cc3ccc(O)cc3)CC2)c1. The van der Waals surface area contributed by atoms with Crippen molar-refractivity contribution in [1.29, 1.82) is 0 Å². The Morgan fingerprint density at radius 1 is 1.08 bits per heavy atom. The van der Waals surface area contributed by atoms with Crippen molar-refractivity contribution in [3.05, 3.63) is 51.7 Å². The predicted octanol–water partition coefficient (Wildman–Crippen LogP) is 2.04. The third kappa shape index (κ3) is 4.58. The molecule has 1 aromatic heterocycles. The van der Waals surface area contributed by atoms with Crippen molar-refractivity contribution in [3.63, 3.8) is 0 Å². The largest absolute Gasteiger partial charge is 0.508 e. The Morgan fingerprint density at radius 3 is 2.36 bits per heavy atom. The molecule has 25 heavy (non-hydrogen) atoms. The fourth-order valence-electron chi connectivity index (χ4n) is 2.86. The Morgan fingerprint density at radius 2 is 1.76 bits per heavy atom. The van der Waals surface area contributed by atoms with Crippen molar-refractivity contribution in [2.75, 3.05) is 26.2 Å². The molecular weight excluding hydrogens is 340 g/mol. The van der Waals surface area contributed by atoms with Gasteiger partial charge in [0.25, 0.3) is 0 Å². The van der Waals surface area contributed by atoms with Crippen molar-refractivity contribution < 1.29 is 19.8 Å². The first-order valence-corrected chi connectivity index (χ1v) is 8.98. The van der Waals surface area contributed by atoms with Crippen LogP contribution in [0.1, 0.15) is 20.8 Å². The van der Waals surface area contributed by atoms with Crippen LogP contribution in [0, 0.1) is 0 Å². The lowest BCUT2D eigenvalue weighted by molar-refractivity contribution is -0.132. The minimum Gasteiger partial charge on any atom is -0.508 e. The minimum atomic E-state index is -0.960. The lowest BCUT2D eigenvalue weighted by Crippen LogP contribution is -2.48. The number of piperazine rings is 1. The molecule has 2 aromatic rings. The van der Waals surface area contributed by atoms with Gasteiger partial charge in [0, 0.05) is 43.0 Å². The lowest BCUT2D eigenvalue weighted by Gasteiger charge is -2.34. The number of phenols is 1. The molecule has 0 bridgehead atoms. The first-order chi connectivity index (χ1) is 12.0. The van der Waals surface area contributed by atoms with Gasteiger partial charge < -0.3 is 15.1 Å². The highest BCUT2D eigenvalue weighted by molar-refractivity contribution is 7.10. The third-order valence-electron chi connectivity index (χ3n) is 4.29. The van der Waals surface area contributed by atoms with Crippen LogP contribution in [0.4, 0.5) is 0 Å². The molecule has 1 aliphatic heterocycles. The summed E-state index contributed by atoms with van der Waals surface area (Å²) in [6.07, 6.45) is 0.260. The molecule has 1 fully saturated rings. The van der Waals surface area contributed by atoms with Gasteiger partial charge in [0.05, 0.1) is 12.0 Å². The van der Waals surface area contributed by atoms with Gasteiger partial charge in [0.1, 0.15) is 5.75 Å². The molecule has 0 unspecified atom stereocenters. The van der Waals surface area contributed by atoms with Gasteiger partial charge >= 0.3 is 5.97 Å². The summed E-state index contributed by atoms with van der Waals surface area (Å²) < 4.78 is 0. The maximum Gasteiger partial charge on any atom is 0.336 e. The second kappa shape index (κ2) is 7.67. The van der Waals surface area contributed by atoms with Gasteiger partial charge in [-0.15, -0.1) is 11.3 Å². The van der Waals surface area contributed by atoms with Crippen molar-refractivity contribution in [2.45, 2.75) is 13.0 Å². The monoisotopic (exact) mass is 360 g/mol. The summed E-state index contributed by atoms with van der Waals surface area (Å²) in [6, 6.07) is 8.75. The van der Waals surface area contributed by atoms with Crippen LogP contribution in [-0.2, 0) is 17.8 Å². The van der Waals surface area contributed by atoms with Gasteiger partial charge in [-0.1, -0.05) is 12.1 Å². The molecule has 0 radical (unpaired) electrons. The van der Waals surface area contributed by atoms with Gasteiger partial charge in [-0.3, -0.25) is 9.69 Å². The van der Waals surface area contributed by atoms with E-state index >= 15 is 0 Å². The van der Waals surface area contributed by atoms with Crippen molar-refractivity contribution in [2.24, 2.45) is 0 Å². The number of carboxylic acid groups (broad SMARTS) is 1. The van der Waals surface area contributed by atoms with Crippen molar-refractivity contribution in [1.82, 2.24) is 9.80 Å². The zero-order valence-electron chi connectivity index (χ0n) is 13.7. The Labute approximate surface area is 149 Å². The van der Waals surface area contributed by atoms with E-state index in [1.807, 2.05) is 17.0 Å². The summed E-state index contributed by atoms with van der Waals surface area (Å²) >= 11 is 1.31. The van der Waals surface area contributed by atoms with Crippen molar-refractivity contribution in [3.8, 4) is 5.75 Å². The molecule has 1 amide bonds. The summed E-state index contributed by atoms with van der Waals surface area (Å²) in [5.41, 5.74) is 1.38. The van der Waals surface area contributed by atoms with Gasteiger partial charge in [0.15, 0.2) is 0 Å². The van der Waals surface area contributed by atoms with Crippen LogP contribution in [0.3, 0.4) is 0 Å². The van der Waals surface area contributed by atoms with Crippen LogP contribution in [0.5, 0.6) is 5.75 Å². The summed E-state index contributed by atoms with van der Waals surface area (Å²) in [6.45, 7) is 3.76. The number of carbonyl (C=O) groups is 2. The molecule has 1 aromatic carbocycles. The average molecular weight is 360 g/mol. The van der Waals surface area contributed by atoms with Gasteiger partial charge in [0.2, 0.25) is 5.91 Å². The van der Waals surface area contributed by atoms with Gasteiger partial charge in [-0.25, -0.2) is 4.79 Å². The Balaban J connectivity index is 1.48. The first-order valence-electron chi connectivity index (χ1n) is 8.10. The maximum absolute atomic E-state index is 12.4. The van der Waals surface area contributed by atoms with E-state index in [0.29, 0.717) is 13.1 Å². The number of hydrogen-bond acceptors (Lipinski definition) is 5. The van der Waals surface area contributed by atoms with Crippen LogP contribution < -0.4 is 0 Å². The second-order valence-electron chi connectivity index (χ2n) is 6.11. The zero-order chi connectivity index (χ0) is 17.8. The fourth-order valence-corrected chi connectivity index (χ4v) is 3.71. The smallest absolute Gasteiger partial charge is 0.336 e. The van der Waals surface area contributed by atoms with E-state index in [4.69, 9.17) is 5.11 Å². The summed E-state index contributed by atoms with van der Waals surface area (Å²) in [5.74, 6) is -0.653. The minimum absolute atomic E-state index is 0.0445. The maximum atomic E-state index is 12.4. The van der Waals surface area contributed by atoms with E-state index in [1.54, 1.807) is 23.6 Å². The molecule has 0 atom stereocenters. The molecule has 3 rings (SSSR count). The highest BCUT2D eigenvalue weighted by Crippen LogP contribution is 2.17. The number of carbonyl (C=O) groups excluding carboxylic acids is 1. The number of thiophene rings is 1. The molecule has 0 spiro atoms. The van der Waals surface area contributed by atoms with E-state index in [0.717, 1.165) is 30.1 Å². The van der Waals surface area contributed by atoms with Crippen LogP contribution in [-0.4, -0.2) is 58.1 Å². The summed E-state index contributed by atoms with van der Waals surface area (Å²) in [5, 5.41) is 19.8. The van der Waals surface area contributed by atoms with Gasteiger partial charge in [-0.05, 0) is 23.8 Å². The highest BCUT2D eigenvalue weighted by atomic mass is 32.1. The van der Waals surface area contributed by atoms with E-state index < -0.39 is 5.97 Å². The fraction of sp³-hybridized carbons (Fsp3) is 0.333. The number of aromatic hydroxyl groups is 1. The Bertz CT molecular complexity index is 749. The molecule has 2 N–H and O–H groups in total. The van der Waals surface area contributed by atoms with Crippen molar-refractivity contribution >= 4 is 23.2 Å². The summed E-state index contributed by atoms with van der Waals surface area (Å²) in [4.78, 5) is 28.2. The first kappa shape index (κ1) is 17.4. The molecule has 2 heterocycles. The molecular formula is C18H20N2O4S. The molecule has 6 nitrogen and oxygen atoms in total. The number of rotatable bonds is 5. The molecule has 0 saturated carbocycles. The van der Waals surface area contributed by atoms with Crippen LogP contribution in [0.25, 0.3) is 0 Å². The second-order valence-corrected chi connectivity index (χ2v) is 7.10. The highest BCUT2D eigenvalue weighted by Gasteiger charge is 2.22. The number of amides is 1. The quantitative estimate of drug-likeness (QED) is 0.853. The number of nitrogens with zero attached hydrogens (tertiary/aromatic N) is 2. The number of hydrogen-bond donors (Lipinski definition) is 2. The normalized spacial score (nSPS) is 15.3. The molecule has 7 heteroatoms. The Kier molecular flexibility index (Phi) is 5.35. The van der Waals surface area contributed by atoms with E-state index in [2.05, 4.69) is 4.90 Å². The molecule has 132 valence electrons.